The molecule has 2 N–H and O–H groups in total. The van der Waals surface area contributed by atoms with Gasteiger partial charge in [0.05, 0.1) is 13.1 Å². The summed E-state index contributed by atoms with van der Waals surface area (Å²) in [5.41, 5.74) is 0. The monoisotopic (exact) mass is 470 g/mol. The summed E-state index contributed by atoms with van der Waals surface area (Å²) in [6.07, 6.45) is 3.59. The number of rotatable bonds is 6. The van der Waals surface area contributed by atoms with Crippen LogP contribution in [0.4, 0.5) is 0 Å². The van der Waals surface area contributed by atoms with Gasteiger partial charge in [0, 0.05) is 19.0 Å². The second-order valence-corrected chi connectivity index (χ2v) is 6.20. The second-order valence-electron chi connectivity index (χ2n) is 6.20. The van der Waals surface area contributed by atoms with Crippen LogP contribution < -0.4 is 15.4 Å². The van der Waals surface area contributed by atoms with Gasteiger partial charge in [-0.25, -0.2) is 14.7 Å². The maximum absolute atomic E-state index is 5.88. The molecule has 8 heteroatoms. The number of para-hydroxylation sites is 1. The first kappa shape index (κ1) is 20.5. The summed E-state index contributed by atoms with van der Waals surface area (Å²) >= 11 is 0. The number of nitrogens with zero attached hydrogens (tertiary/aromatic N) is 4. The number of halogens is 1. The minimum absolute atomic E-state index is 0. The fourth-order valence-corrected chi connectivity index (χ4v) is 2.86. The third-order valence-corrected chi connectivity index (χ3v) is 4.08. The second kappa shape index (κ2) is 10.3. The Morgan fingerprint density at radius 2 is 2.19 bits per heavy atom. The molecule has 0 saturated heterocycles. The van der Waals surface area contributed by atoms with Crippen molar-refractivity contribution in [2.45, 2.75) is 45.4 Å². The van der Waals surface area contributed by atoms with E-state index in [4.69, 9.17) is 4.74 Å². The van der Waals surface area contributed by atoms with Crippen LogP contribution in [0.25, 0.3) is 0 Å². The maximum atomic E-state index is 5.88. The molecule has 0 amide bonds. The summed E-state index contributed by atoms with van der Waals surface area (Å²) in [6.45, 7) is 6.32. The van der Waals surface area contributed by atoms with Crippen molar-refractivity contribution in [3.63, 3.8) is 0 Å². The van der Waals surface area contributed by atoms with E-state index in [1.807, 2.05) is 41.9 Å². The first-order chi connectivity index (χ1) is 12.2. The van der Waals surface area contributed by atoms with Crippen LogP contribution in [-0.2, 0) is 13.0 Å². The normalized spacial score (nSPS) is 17.6. The van der Waals surface area contributed by atoms with E-state index in [1.54, 1.807) is 6.33 Å². The highest BCUT2D eigenvalue weighted by Gasteiger charge is 2.20. The Hall–Kier alpha value is -1.84. The van der Waals surface area contributed by atoms with Crippen LogP contribution in [0.15, 0.2) is 41.7 Å². The molecule has 1 aromatic carbocycles. The van der Waals surface area contributed by atoms with Crippen molar-refractivity contribution in [3.8, 4) is 5.75 Å². The van der Waals surface area contributed by atoms with Crippen LogP contribution >= 0.6 is 24.0 Å². The Balaban J connectivity index is 0.00000243. The van der Waals surface area contributed by atoms with Crippen molar-refractivity contribution >= 4 is 29.9 Å². The van der Waals surface area contributed by atoms with Crippen LogP contribution in [0.3, 0.4) is 0 Å². The van der Waals surface area contributed by atoms with Crippen LogP contribution in [-0.4, -0.2) is 46.0 Å². The number of hydrogen-bond acceptors (Lipinski definition) is 4. The van der Waals surface area contributed by atoms with Crippen molar-refractivity contribution in [1.82, 2.24) is 25.4 Å². The van der Waals surface area contributed by atoms with Gasteiger partial charge in [-0.05, 0) is 32.4 Å². The van der Waals surface area contributed by atoms with Gasteiger partial charge in [0.2, 0.25) is 0 Å². The lowest BCUT2D eigenvalue weighted by molar-refractivity contribution is 0.230. The van der Waals surface area contributed by atoms with E-state index in [2.05, 4.69) is 32.6 Å². The number of nitrogens with one attached hydrogen (secondary N) is 2. The van der Waals surface area contributed by atoms with Crippen molar-refractivity contribution < 1.29 is 4.74 Å². The summed E-state index contributed by atoms with van der Waals surface area (Å²) in [4.78, 5) is 8.94. The number of guanidine groups is 1. The van der Waals surface area contributed by atoms with E-state index in [0.29, 0.717) is 12.6 Å². The number of aryl methyl sites for hydroxylation is 1. The minimum Gasteiger partial charge on any atom is -0.489 e. The molecule has 1 aliphatic heterocycles. The lowest BCUT2D eigenvalue weighted by Crippen LogP contribution is -2.47. The number of fused-ring (bicyclic) bond motifs is 1. The molecule has 0 spiro atoms. The van der Waals surface area contributed by atoms with Gasteiger partial charge in [-0.1, -0.05) is 18.2 Å². The number of benzene rings is 1. The SMILES string of the molecule is CCNC(=NCC(C)Oc1ccccc1)NC1CCc2ncnn2C1.I. The third-order valence-electron chi connectivity index (χ3n) is 4.08. The predicted molar refractivity (Wildman–Crippen MR) is 113 cm³/mol. The molecule has 0 aliphatic carbocycles. The highest BCUT2D eigenvalue weighted by molar-refractivity contribution is 14.0. The summed E-state index contributed by atoms with van der Waals surface area (Å²) in [7, 11) is 0. The van der Waals surface area contributed by atoms with Crippen LogP contribution in [0.1, 0.15) is 26.1 Å². The zero-order chi connectivity index (χ0) is 17.5. The number of aromatic nitrogens is 3. The molecule has 0 fully saturated rings. The van der Waals surface area contributed by atoms with Crippen molar-refractivity contribution in [2.24, 2.45) is 4.99 Å². The molecule has 0 saturated carbocycles. The molecule has 3 rings (SSSR count). The van der Waals surface area contributed by atoms with E-state index >= 15 is 0 Å². The Bertz CT molecular complexity index is 690. The van der Waals surface area contributed by atoms with Gasteiger partial charge < -0.3 is 15.4 Å². The highest BCUT2D eigenvalue weighted by Crippen LogP contribution is 2.12. The first-order valence-electron chi connectivity index (χ1n) is 8.88. The Kier molecular flexibility index (Phi) is 8.14. The van der Waals surface area contributed by atoms with E-state index in [-0.39, 0.29) is 30.1 Å². The smallest absolute Gasteiger partial charge is 0.191 e. The molecule has 2 unspecified atom stereocenters. The Morgan fingerprint density at radius 1 is 1.38 bits per heavy atom. The maximum Gasteiger partial charge on any atom is 0.191 e. The average Bonchev–Trinajstić information content (AvgIpc) is 3.08. The molecule has 7 nitrogen and oxygen atoms in total. The highest BCUT2D eigenvalue weighted by atomic mass is 127. The standard InChI is InChI=1S/C18H26N6O.HI/c1-3-19-18(20-11-14(2)25-16-7-5-4-6-8-16)23-15-9-10-17-21-13-22-24(17)12-15;/h4-8,13-15H,3,9-12H2,1-2H3,(H2,19,20,23);1H. The fraction of sp³-hybridized carbons (Fsp3) is 0.500. The molecule has 0 radical (unpaired) electrons. The van der Waals surface area contributed by atoms with E-state index in [0.717, 1.165) is 43.5 Å². The molecule has 0 bridgehead atoms. The van der Waals surface area contributed by atoms with Crippen LogP contribution in [0.5, 0.6) is 5.75 Å². The number of hydrogen-bond donors (Lipinski definition) is 2. The summed E-state index contributed by atoms with van der Waals surface area (Å²) in [5.74, 6) is 2.75. The lowest BCUT2D eigenvalue weighted by atomic mass is 10.1. The molecule has 1 aromatic heterocycles. The third kappa shape index (κ3) is 5.86. The fourth-order valence-electron chi connectivity index (χ4n) is 2.86. The minimum atomic E-state index is 0. The van der Waals surface area contributed by atoms with Gasteiger partial charge in [-0.15, -0.1) is 24.0 Å². The van der Waals surface area contributed by atoms with Gasteiger partial charge in [0.1, 0.15) is 24.0 Å². The number of aliphatic imine (C=N–C) groups is 1. The molecular weight excluding hydrogens is 443 g/mol. The Morgan fingerprint density at radius 3 is 2.96 bits per heavy atom. The quantitative estimate of drug-likeness (QED) is 0.385. The summed E-state index contributed by atoms with van der Waals surface area (Å²) in [5, 5.41) is 11.1. The van der Waals surface area contributed by atoms with Crippen molar-refractivity contribution in [3.05, 3.63) is 42.5 Å². The first-order valence-corrected chi connectivity index (χ1v) is 8.88. The zero-order valence-electron chi connectivity index (χ0n) is 15.3. The predicted octanol–water partition coefficient (Wildman–Crippen LogP) is 2.23. The van der Waals surface area contributed by atoms with Gasteiger partial charge in [-0.3, -0.25) is 0 Å². The van der Waals surface area contributed by atoms with Crippen LogP contribution in [0.2, 0.25) is 0 Å². The molecule has 1 aliphatic rings. The average molecular weight is 470 g/mol. The zero-order valence-corrected chi connectivity index (χ0v) is 17.6. The molecule has 142 valence electrons. The van der Waals surface area contributed by atoms with Gasteiger partial charge in [-0.2, -0.15) is 5.10 Å². The van der Waals surface area contributed by atoms with Crippen LogP contribution in [0, 0.1) is 0 Å². The largest absolute Gasteiger partial charge is 0.489 e. The van der Waals surface area contributed by atoms with Crippen molar-refractivity contribution in [2.75, 3.05) is 13.1 Å². The summed E-state index contributed by atoms with van der Waals surface area (Å²) in [6, 6.07) is 10.1. The van der Waals surface area contributed by atoms with Gasteiger partial charge >= 0.3 is 0 Å². The van der Waals surface area contributed by atoms with E-state index in [1.165, 1.54) is 0 Å². The van der Waals surface area contributed by atoms with E-state index < -0.39 is 0 Å². The molecule has 2 atom stereocenters. The summed E-state index contributed by atoms with van der Waals surface area (Å²) < 4.78 is 7.85. The molecule has 2 heterocycles. The number of ether oxygens (including phenoxy) is 1. The molecular formula is C18H27IN6O. The Labute approximate surface area is 171 Å². The molecule has 2 aromatic rings. The lowest BCUT2D eigenvalue weighted by Gasteiger charge is -2.25. The van der Waals surface area contributed by atoms with Gasteiger partial charge in [0.25, 0.3) is 0 Å². The topological polar surface area (TPSA) is 76.4 Å². The van der Waals surface area contributed by atoms with E-state index in [9.17, 15) is 0 Å². The molecule has 26 heavy (non-hydrogen) atoms. The van der Waals surface area contributed by atoms with Gasteiger partial charge in [0.15, 0.2) is 5.96 Å². The van der Waals surface area contributed by atoms with Crippen molar-refractivity contribution in [1.29, 1.82) is 0 Å².